The Bertz CT molecular complexity index is 1100. The van der Waals surface area contributed by atoms with Crippen LogP contribution in [0, 0.1) is 6.92 Å². The monoisotopic (exact) mass is 455 g/mol. The van der Waals surface area contributed by atoms with Gasteiger partial charge in [-0.15, -0.1) is 0 Å². The Morgan fingerprint density at radius 2 is 2.13 bits per heavy atom. The van der Waals surface area contributed by atoms with Crippen LogP contribution in [0.25, 0.3) is 11.3 Å². The first-order valence-corrected chi connectivity index (χ1v) is 10.7. The molecule has 2 atom stereocenters. The summed E-state index contributed by atoms with van der Waals surface area (Å²) < 4.78 is 11.1. The molecule has 0 saturated carbocycles. The van der Waals surface area contributed by atoms with Crippen molar-refractivity contribution >= 4 is 34.9 Å². The second-order valence-electron chi connectivity index (χ2n) is 7.31. The number of benzene rings is 1. The van der Waals surface area contributed by atoms with Crippen LogP contribution in [-0.2, 0) is 9.53 Å². The largest absolute Gasteiger partial charge is 0.469 e. The van der Waals surface area contributed by atoms with Gasteiger partial charge in [-0.1, -0.05) is 23.7 Å². The van der Waals surface area contributed by atoms with Crippen LogP contribution < -0.4 is 5.32 Å². The Kier molecular flexibility index (Phi) is 6.25. The van der Waals surface area contributed by atoms with E-state index in [0.717, 1.165) is 28.3 Å². The van der Waals surface area contributed by atoms with Crippen molar-refractivity contribution in [3.63, 3.8) is 0 Å². The van der Waals surface area contributed by atoms with Crippen molar-refractivity contribution in [3.8, 4) is 11.3 Å². The van der Waals surface area contributed by atoms with E-state index in [1.807, 2.05) is 60.4 Å². The van der Waals surface area contributed by atoms with Crippen LogP contribution in [0.2, 0.25) is 5.02 Å². The van der Waals surface area contributed by atoms with Crippen LogP contribution in [0.15, 0.2) is 59.1 Å². The minimum atomic E-state index is -0.294. The van der Waals surface area contributed by atoms with Gasteiger partial charge in [0, 0.05) is 23.3 Å². The molecule has 31 heavy (non-hydrogen) atoms. The number of hydrogen-bond donors (Lipinski definition) is 1. The normalized spacial score (nSPS) is 18.2. The number of pyridine rings is 1. The number of carbonyl (C=O) groups is 1. The van der Waals surface area contributed by atoms with E-state index in [9.17, 15) is 4.79 Å². The number of carbonyl (C=O) groups excluding carboxylic acids is 1. The second kappa shape index (κ2) is 9.08. The molecule has 0 aliphatic carbocycles. The van der Waals surface area contributed by atoms with Crippen LogP contribution in [0.5, 0.6) is 0 Å². The minimum absolute atomic E-state index is 0.213. The van der Waals surface area contributed by atoms with Gasteiger partial charge in [0.05, 0.1) is 25.3 Å². The lowest BCUT2D eigenvalue weighted by Crippen LogP contribution is -2.31. The fourth-order valence-corrected chi connectivity index (χ4v) is 4.29. The highest BCUT2D eigenvalue weighted by atomic mass is 35.5. The molecule has 0 amide bonds. The van der Waals surface area contributed by atoms with Crippen LogP contribution in [-0.4, -0.2) is 34.6 Å². The predicted octanol–water partition coefficient (Wildman–Crippen LogP) is 4.84. The third-order valence-electron chi connectivity index (χ3n) is 5.37. The van der Waals surface area contributed by atoms with Crippen molar-refractivity contribution in [2.45, 2.75) is 25.4 Å². The molecule has 0 spiro atoms. The van der Waals surface area contributed by atoms with E-state index in [0.29, 0.717) is 16.7 Å². The van der Waals surface area contributed by atoms with E-state index >= 15 is 0 Å². The van der Waals surface area contributed by atoms with Crippen molar-refractivity contribution in [2.75, 3.05) is 13.7 Å². The first-order chi connectivity index (χ1) is 15.0. The number of nitrogens with zero attached hydrogens (tertiary/aromatic N) is 2. The number of esters is 1. The fourth-order valence-electron chi connectivity index (χ4n) is 3.79. The lowest BCUT2D eigenvalue weighted by Gasteiger charge is -2.25. The Balaban J connectivity index is 1.71. The summed E-state index contributed by atoms with van der Waals surface area (Å²) in [5.41, 5.74) is 2.84. The van der Waals surface area contributed by atoms with Crippen LogP contribution in [0.3, 0.4) is 0 Å². The van der Waals surface area contributed by atoms with Gasteiger partial charge < -0.3 is 19.4 Å². The molecule has 160 valence electrons. The number of aromatic nitrogens is 1. The van der Waals surface area contributed by atoms with Crippen molar-refractivity contribution in [2.24, 2.45) is 0 Å². The Labute approximate surface area is 191 Å². The number of rotatable bonds is 6. The maximum absolute atomic E-state index is 11.8. The summed E-state index contributed by atoms with van der Waals surface area (Å²) in [5, 5.41) is 4.53. The second-order valence-corrected chi connectivity index (χ2v) is 8.13. The van der Waals surface area contributed by atoms with Gasteiger partial charge in [-0.3, -0.25) is 9.78 Å². The van der Waals surface area contributed by atoms with Crippen molar-refractivity contribution in [3.05, 3.63) is 76.8 Å². The zero-order chi connectivity index (χ0) is 22.0. The number of nitrogens with one attached hydrogen (secondary N) is 1. The predicted molar refractivity (Wildman–Crippen MR) is 123 cm³/mol. The zero-order valence-electron chi connectivity index (χ0n) is 17.2. The van der Waals surface area contributed by atoms with Gasteiger partial charge in [-0.25, -0.2) is 0 Å². The molecule has 0 bridgehead atoms. The van der Waals surface area contributed by atoms with Gasteiger partial charge in [0.15, 0.2) is 5.11 Å². The molecular weight excluding hydrogens is 434 g/mol. The van der Waals surface area contributed by atoms with Crippen molar-refractivity contribution in [1.82, 2.24) is 15.2 Å². The molecule has 1 saturated heterocycles. The Hall–Kier alpha value is -2.90. The molecule has 8 heteroatoms. The number of furan rings is 1. The number of aryl methyl sites for hydroxylation is 1. The summed E-state index contributed by atoms with van der Waals surface area (Å²) in [7, 11) is 1.38. The van der Waals surface area contributed by atoms with E-state index in [2.05, 4.69) is 10.3 Å². The number of methoxy groups -OCH3 is 1. The number of hydrogen-bond acceptors (Lipinski definition) is 5. The summed E-state index contributed by atoms with van der Waals surface area (Å²) in [6, 6.07) is 14.9. The third-order valence-corrected chi connectivity index (χ3v) is 5.95. The topological polar surface area (TPSA) is 67.6 Å². The van der Waals surface area contributed by atoms with Crippen LogP contribution in [0.1, 0.15) is 35.5 Å². The summed E-state index contributed by atoms with van der Waals surface area (Å²) >= 11 is 11.8. The zero-order valence-corrected chi connectivity index (χ0v) is 18.7. The molecule has 3 heterocycles. The summed E-state index contributed by atoms with van der Waals surface area (Å²) in [5.74, 6) is 1.15. The molecule has 1 aliphatic heterocycles. The smallest absolute Gasteiger partial charge is 0.307 e. The maximum Gasteiger partial charge on any atom is 0.307 e. The standard InChI is InChI=1S/C23H22ClN3O3S/c1-14-6-7-15(24)13-16(14)18-8-9-19(30-18)22-21(17-5-3-4-11-25-17)26-23(31)27(22)12-10-20(28)29-2/h3-9,11,13,21-22H,10,12H2,1-2H3,(H,26,31)/t21-,22+/m1/s1. The summed E-state index contributed by atoms with van der Waals surface area (Å²) in [4.78, 5) is 18.2. The van der Waals surface area contributed by atoms with Crippen molar-refractivity contribution in [1.29, 1.82) is 0 Å². The van der Waals surface area contributed by atoms with Crippen LogP contribution in [0.4, 0.5) is 0 Å². The van der Waals surface area contributed by atoms with Gasteiger partial charge in [-0.2, -0.15) is 0 Å². The highest BCUT2D eigenvalue weighted by Crippen LogP contribution is 2.41. The average molecular weight is 456 g/mol. The minimum Gasteiger partial charge on any atom is -0.469 e. The van der Waals surface area contributed by atoms with E-state index in [1.54, 1.807) is 6.20 Å². The number of ether oxygens (including phenoxy) is 1. The van der Waals surface area contributed by atoms with E-state index in [1.165, 1.54) is 7.11 Å². The van der Waals surface area contributed by atoms with Gasteiger partial charge >= 0.3 is 5.97 Å². The van der Waals surface area contributed by atoms with E-state index < -0.39 is 0 Å². The number of halogens is 1. The summed E-state index contributed by atoms with van der Waals surface area (Å²) in [6.07, 6.45) is 1.96. The molecule has 1 aromatic carbocycles. The lowest BCUT2D eigenvalue weighted by atomic mass is 10.0. The Morgan fingerprint density at radius 3 is 2.87 bits per heavy atom. The van der Waals surface area contributed by atoms with E-state index in [-0.39, 0.29) is 24.5 Å². The van der Waals surface area contributed by atoms with Gasteiger partial charge in [0.1, 0.15) is 17.6 Å². The molecule has 6 nitrogen and oxygen atoms in total. The average Bonchev–Trinajstić information content (AvgIpc) is 3.38. The highest BCUT2D eigenvalue weighted by molar-refractivity contribution is 7.80. The molecule has 1 fully saturated rings. The third kappa shape index (κ3) is 4.43. The fraction of sp³-hybridized carbons (Fsp3) is 0.261. The van der Waals surface area contributed by atoms with Crippen LogP contribution >= 0.6 is 23.8 Å². The summed E-state index contributed by atoms with van der Waals surface area (Å²) in [6.45, 7) is 2.41. The molecule has 1 aliphatic rings. The molecule has 4 rings (SSSR count). The number of thiocarbonyl (C=S) groups is 1. The molecular formula is C23H22ClN3O3S. The van der Waals surface area contributed by atoms with Gasteiger partial charge in [0.25, 0.3) is 0 Å². The quantitative estimate of drug-likeness (QED) is 0.421. The molecule has 2 aromatic heterocycles. The van der Waals surface area contributed by atoms with Gasteiger partial charge in [-0.05, 0) is 61.1 Å². The maximum atomic E-state index is 11.8. The highest BCUT2D eigenvalue weighted by Gasteiger charge is 2.41. The molecule has 3 aromatic rings. The first kappa shape index (κ1) is 21.3. The van der Waals surface area contributed by atoms with Crippen molar-refractivity contribution < 1.29 is 13.9 Å². The Morgan fingerprint density at radius 1 is 1.29 bits per heavy atom. The van der Waals surface area contributed by atoms with E-state index in [4.69, 9.17) is 33.0 Å². The SMILES string of the molecule is COC(=O)CCN1C(=S)N[C@H](c2ccccn2)[C@@H]1c1ccc(-c2cc(Cl)ccc2C)o1. The first-order valence-electron chi connectivity index (χ1n) is 9.89. The lowest BCUT2D eigenvalue weighted by molar-refractivity contribution is -0.140. The molecule has 0 unspecified atom stereocenters. The van der Waals surface area contributed by atoms with Gasteiger partial charge in [0.2, 0.25) is 0 Å². The molecule has 1 N–H and O–H groups in total. The molecule has 0 radical (unpaired) electrons.